The molecule has 0 aliphatic rings. The van der Waals surface area contributed by atoms with Crippen molar-refractivity contribution in [1.82, 2.24) is 5.09 Å². The van der Waals surface area contributed by atoms with Crippen molar-refractivity contribution < 1.29 is 0 Å². The van der Waals surface area contributed by atoms with Crippen molar-refractivity contribution in [3.8, 4) is 0 Å². The number of rotatable bonds is 2. The fourth-order valence-corrected chi connectivity index (χ4v) is 0.250. The second-order valence-electron chi connectivity index (χ2n) is 0.697. The summed E-state index contributed by atoms with van der Waals surface area (Å²) in [4.78, 5) is 0. The Balaban J connectivity index is 2.40. The van der Waals surface area contributed by atoms with Gasteiger partial charge in [0, 0.05) is 6.54 Å². The highest BCUT2D eigenvalue weighted by molar-refractivity contribution is 7.13. The Bertz CT molecular complexity index is 28.1. The van der Waals surface area contributed by atoms with E-state index < -0.39 is 0 Å². The molecule has 0 fully saturated rings. The van der Waals surface area contributed by atoms with Crippen LogP contribution in [-0.2, 0) is 0 Å². The van der Waals surface area contributed by atoms with Crippen molar-refractivity contribution in [2.24, 2.45) is 0 Å². The third-order valence-electron chi connectivity index (χ3n) is 0.262. The zero-order chi connectivity index (χ0) is 4.12. The topological polar surface area (TPSA) is 12.0 Å². The fourth-order valence-electron chi connectivity index (χ4n) is 0.0833. The molecule has 1 N–H and O–H groups in total. The summed E-state index contributed by atoms with van der Waals surface area (Å²) < 4.78 is 0. The first kappa shape index (κ1) is 5.13. The van der Waals surface area contributed by atoms with Crippen LogP contribution in [-0.4, -0.2) is 6.54 Å². The van der Waals surface area contributed by atoms with Gasteiger partial charge in [0.2, 0.25) is 0 Å². The van der Waals surface area contributed by atoms with Gasteiger partial charge in [0.1, 0.15) is 0 Å². The predicted molar refractivity (Wildman–Crippen MR) is 27.9 cm³/mol. The molecule has 0 saturated carbocycles. The number of hydrogen-bond acceptors (Lipinski definition) is 1. The Kier molecular flexibility index (Phi) is 4.24. The first-order chi connectivity index (χ1) is 2.41. The summed E-state index contributed by atoms with van der Waals surface area (Å²) >= 11 is 0. The molecule has 0 amide bonds. The summed E-state index contributed by atoms with van der Waals surface area (Å²) in [5, 5.41) is 2.82. The van der Waals surface area contributed by atoms with E-state index in [4.69, 9.17) is 0 Å². The van der Waals surface area contributed by atoms with E-state index in [0.29, 0.717) is 0 Å². The van der Waals surface area contributed by atoms with E-state index in [2.05, 4.69) is 21.1 Å². The minimum absolute atomic E-state index is 0.866. The van der Waals surface area contributed by atoms with Crippen LogP contribution in [0.4, 0.5) is 0 Å². The van der Waals surface area contributed by atoms with Crippen LogP contribution in [0.2, 0.25) is 0 Å². The molecule has 5 heavy (non-hydrogen) atoms. The van der Waals surface area contributed by atoms with Crippen LogP contribution in [0, 0.1) is 0 Å². The maximum Gasteiger partial charge on any atom is 0.0164 e. The predicted octanol–water partition coefficient (Wildman–Crippen LogP) is 0.552. The van der Waals surface area contributed by atoms with E-state index in [1.165, 1.54) is 0 Å². The normalized spacial score (nSPS) is 7.40. The highest BCUT2D eigenvalue weighted by atomic mass is 31.0. The van der Waals surface area contributed by atoms with Gasteiger partial charge in [-0.2, -0.15) is 0 Å². The molecule has 0 heterocycles. The van der Waals surface area contributed by atoms with Crippen LogP contribution in [0.5, 0.6) is 0 Å². The molecule has 30 valence electrons. The molecule has 0 aliphatic heterocycles. The van der Waals surface area contributed by atoms with Crippen molar-refractivity contribution in [3.63, 3.8) is 0 Å². The van der Waals surface area contributed by atoms with Gasteiger partial charge in [0.25, 0.3) is 0 Å². The average molecular weight is 89.1 g/mol. The van der Waals surface area contributed by atoms with E-state index in [9.17, 15) is 0 Å². The van der Waals surface area contributed by atoms with Crippen molar-refractivity contribution in [2.45, 2.75) is 0 Å². The van der Waals surface area contributed by atoms with Crippen LogP contribution in [0.3, 0.4) is 0 Å². The molecule has 1 unspecified atom stereocenters. The van der Waals surface area contributed by atoms with Crippen molar-refractivity contribution in [1.29, 1.82) is 0 Å². The van der Waals surface area contributed by atoms with Gasteiger partial charge in [-0.3, -0.25) is 5.09 Å². The molecule has 0 spiro atoms. The van der Waals surface area contributed by atoms with Gasteiger partial charge >= 0.3 is 0 Å². The fraction of sp³-hybridized carbons (Fsp3) is 0.333. The Morgan fingerprint density at radius 2 is 2.60 bits per heavy atom. The number of hydrogen-bond donors (Lipinski definition) is 1. The highest BCUT2D eigenvalue weighted by Crippen LogP contribution is 1.63. The lowest BCUT2D eigenvalue weighted by Crippen LogP contribution is -1.92. The summed E-state index contributed by atoms with van der Waals surface area (Å²) in [6, 6.07) is 0. The van der Waals surface area contributed by atoms with Gasteiger partial charge in [-0.15, -0.1) is 6.58 Å². The molecular formula is C3H8NP. The van der Waals surface area contributed by atoms with Crippen molar-refractivity contribution in [2.75, 3.05) is 6.54 Å². The quantitative estimate of drug-likeness (QED) is 0.385. The molecule has 0 radical (unpaired) electrons. The largest absolute Gasteiger partial charge is 0.297 e. The molecule has 0 bridgehead atoms. The molecule has 0 rings (SSSR count). The Morgan fingerprint density at radius 3 is 2.60 bits per heavy atom. The van der Waals surface area contributed by atoms with Crippen LogP contribution in [0.25, 0.3) is 0 Å². The maximum absolute atomic E-state index is 3.47. The third kappa shape index (κ3) is 4.13. The zero-order valence-electron chi connectivity index (χ0n) is 3.07. The molecule has 0 aliphatic carbocycles. The maximum atomic E-state index is 3.47. The van der Waals surface area contributed by atoms with E-state index in [1.54, 1.807) is 6.08 Å². The zero-order valence-corrected chi connectivity index (χ0v) is 4.22. The Labute approximate surface area is 34.7 Å². The second kappa shape index (κ2) is 4.13. The highest BCUT2D eigenvalue weighted by Gasteiger charge is 1.57. The van der Waals surface area contributed by atoms with Gasteiger partial charge in [-0.25, -0.2) is 0 Å². The van der Waals surface area contributed by atoms with E-state index in [0.717, 1.165) is 6.54 Å². The summed E-state index contributed by atoms with van der Waals surface area (Å²) in [6.07, 6.45) is 1.80. The van der Waals surface area contributed by atoms with E-state index >= 15 is 0 Å². The van der Waals surface area contributed by atoms with Gasteiger partial charge in [-0.05, 0) is 0 Å². The Morgan fingerprint density at radius 1 is 2.00 bits per heavy atom. The summed E-state index contributed by atoms with van der Waals surface area (Å²) in [6.45, 7) is 4.34. The summed E-state index contributed by atoms with van der Waals surface area (Å²) in [5.74, 6) is 0. The second-order valence-corrected chi connectivity index (χ2v) is 1.11. The standard InChI is InChI=1S/C3H8NP/c1-2-3-4-5/h2,4H,1,3,5H2. The molecule has 2 heteroatoms. The van der Waals surface area contributed by atoms with Crippen LogP contribution in [0.1, 0.15) is 0 Å². The van der Waals surface area contributed by atoms with E-state index in [1.807, 2.05) is 0 Å². The first-order valence-electron chi connectivity index (χ1n) is 1.46. The molecular weight excluding hydrogens is 81.0 g/mol. The van der Waals surface area contributed by atoms with Crippen LogP contribution >= 0.6 is 9.39 Å². The molecule has 0 saturated heterocycles. The minimum Gasteiger partial charge on any atom is -0.297 e. The van der Waals surface area contributed by atoms with Gasteiger partial charge in [-0.1, -0.05) is 15.5 Å². The first-order valence-corrected chi connectivity index (χ1v) is 2.04. The lowest BCUT2D eigenvalue weighted by molar-refractivity contribution is 1.14. The SMILES string of the molecule is C=CCNP. The lowest BCUT2D eigenvalue weighted by Gasteiger charge is -1.79. The molecule has 1 atom stereocenters. The molecule has 1 nitrogen and oxygen atoms in total. The van der Waals surface area contributed by atoms with Gasteiger partial charge < -0.3 is 0 Å². The third-order valence-corrected chi connectivity index (χ3v) is 0.498. The van der Waals surface area contributed by atoms with Gasteiger partial charge in [0.05, 0.1) is 0 Å². The number of nitrogens with one attached hydrogen (secondary N) is 1. The van der Waals surface area contributed by atoms with Crippen molar-refractivity contribution >= 4 is 9.39 Å². The molecule has 0 aromatic heterocycles. The lowest BCUT2D eigenvalue weighted by atomic mass is 10.7. The van der Waals surface area contributed by atoms with Gasteiger partial charge in [0.15, 0.2) is 0 Å². The van der Waals surface area contributed by atoms with Crippen LogP contribution in [0.15, 0.2) is 12.7 Å². The molecule has 0 aromatic rings. The average Bonchev–Trinajstić information content (AvgIpc) is 1.41. The van der Waals surface area contributed by atoms with Crippen molar-refractivity contribution in [3.05, 3.63) is 12.7 Å². The van der Waals surface area contributed by atoms with E-state index in [-0.39, 0.29) is 0 Å². The molecule has 0 aromatic carbocycles. The minimum atomic E-state index is 0.866. The monoisotopic (exact) mass is 89.0 g/mol. The summed E-state index contributed by atoms with van der Waals surface area (Å²) in [5.41, 5.74) is 0. The Hall–Kier alpha value is 0.130. The van der Waals surface area contributed by atoms with Crippen LogP contribution < -0.4 is 5.09 Å². The smallest absolute Gasteiger partial charge is 0.0164 e. The summed E-state index contributed by atoms with van der Waals surface area (Å²) in [7, 11) is 2.38.